The molecule has 0 aliphatic rings. The van der Waals surface area contributed by atoms with Gasteiger partial charge in [0.2, 0.25) is 0 Å². The number of unbranched alkanes of at least 4 members (excludes halogenated alkanes) is 2. The van der Waals surface area contributed by atoms with Gasteiger partial charge in [-0.2, -0.15) is 18.3 Å². The van der Waals surface area contributed by atoms with Crippen molar-refractivity contribution in [3.63, 3.8) is 0 Å². The number of benzene rings is 1. The van der Waals surface area contributed by atoms with Crippen LogP contribution in [-0.2, 0) is 16.1 Å². The highest BCUT2D eigenvalue weighted by atomic mass is 19.4. The predicted octanol–water partition coefficient (Wildman–Crippen LogP) is 2.42. The molecule has 2 aromatic rings. The summed E-state index contributed by atoms with van der Waals surface area (Å²) < 4.78 is 42.2. The number of hydrogen-bond acceptors (Lipinski definition) is 5. The number of hydrogen-bond donors (Lipinski definition) is 1. The van der Waals surface area contributed by atoms with Gasteiger partial charge in [0.1, 0.15) is 6.54 Å². The van der Waals surface area contributed by atoms with Crippen LogP contribution in [0.4, 0.5) is 13.2 Å². The summed E-state index contributed by atoms with van der Waals surface area (Å²) in [4.78, 5) is 36.3. The first kappa shape index (κ1) is 21.4. The molecule has 7 nitrogen and oxygen atoms in total. The molecule has 0 aliphatic heterocycles. The fourth-order valence-corrected chi connectivity index (χ4v) is 2.50. The highest BCUT2D eigenvalue weighted by Crippen LogP contribution is 2.15. The Labute approximate surface area is 158 Å². The van der Waals surface area contributed by atoms with Gasteiger partial charge >= 0.3 is 12.1 Å². The summed E-state index contributed by atoms with van der Waals surface area (Å²) in [5.74, 6) is -2.09. The topological polar surface area (TPSA) is 90.3 Å². The third-order valence-corrected chi connectivity index (χ3v) is 3.85. The lowest BCUT2D eigenvalue weighted by Gasteiger charge is -2.11. The number of nitrogens with zero attached hydrogens (tertiary/aromatic N) is 2. The van der Waals surface area contributed by atoms with Gasteiger partial charge in [-0.3, -0.25) is 9.59 Å². The quantitative estimate of drug-likeness (QED) is 0.544. The van der Waals surface area contributed by atoms with E-state index >= 15 is 0 Å². The Hall–Kier alpha value is -2.91. The van der Waals surface area contributed by atoms with Gasteiger partial charge < -0.3 is 10.1 Å². The van der Waals surface area contributed by atoms with E-state index in [1.807, 2.05) is 6.92 Å². The van der Waals surface area contributed by atoms with Crippen molar-refractivity contribution < 1.29 is 27.5 Å². The van der Waals surface area contributed by atoms with Crippen LogP contribution in [0.1, 0.15) is 36.7 Å². The summed E-state index contributed by atoms with van der Waals surface area (Å²) in [7, 11) is 0. The Balaban J connectivity index is 2.20. The van der Waals surface area contributed by atoms with Gasteiger partial charge in [-0.15, -0.1) is 0 Å². The molecule has 0 unspecified atom stereocenters. The fourth-order valence-electron chi connectivity index (χ4n) is 2.50. The maximum absolute atomic E-state index is 12.5. The second-order valence-electron chi connectivity index (χ2n) is 6.10. The zero-order valence-corrected chi connectivity index (χ0v) is 15.2. The first-order valence-corrected chi connectivity index (χ1v) is 8.73. The van der Waals surface area contributed by atoms with Gasteiger partial charge in [0, 0.05) is 11.9 Å². The minimum Gasteiger partial charge on any atom is -0.451 e. The maximum atomic E-state index is 12.5. The first-order valence-electron chi connectivity index (χ1n) is 8.73. The zero-order chi connectivity index (χ0) is 20.7. The Bertz CT molecular complexity index is 909. The molecule has 0 aliphatic carbocycles. The van der Waals surface area contributed by atoms with E-state index < -0.39 is 31.2 Å². The minimum absolute atomic E-state index is 0.171. The van der Waals surface area contributed by atoms with Gasteiger partial charge in [0.05, 0.1) is 5.39 Å². The second-order valence-corrected chi connectivity index (χ2v) is 6.10. The molecular formula is C18H20F3N3O4. The van der Waals surface area contributed by atoms with Crippen molar-refractivity contribution in [3.05, 3.63) is 40.3 Å². The number of carbonyl (C=O) groups excluding carboxylic acids is 2. The first-order chi connectivity index (χ1) is 13.2. The number of alkyl halides is 3. The highest BCUT2D eigenvalue weighted by Gasteiger charge is 2.28. The van der Waals surface area contributed by atoms with Crippen molar-refractivity contribution >= 4 is 22.6 Å². The number of esters is 1. The van der Waals surface area contributed by atoms with E-state index in [0.717, 1.165) is 17.5 Å². The van der Waals surface area contributed by atoms with Gasteiger partial charge in [0.25, 0.3) is 11.5 Å². The van der Waals surface area contributed by atoms with Gasteiger partial charge in [-0.05, 0) is 12.5 Å². The molecule has 1 N–H and O–H groups in total. The SMILES string of the molecule is CCCCCn1nc(C(=O)OCC(=O)NCC(F)(F)F)c2ccccc2c1=O. The number of aryl methyl sites for hydroxylation is 1. The van der Waals surface area contributed by atoms with Crippen LogP contribution in [0.15, 0.2) is 29.1 Å². The minimum atomic E-state index is -4.56. The molecule has 28 heavy (non-hydrogen) atoms. The molecule has 1 aromatic carbocycles. The number of amides is 1. The normalized spacial score (nSPS) is 11.4. The number of rotatable bonds is 8. The largest absolute Gasteiger partial charge is 0.451 e. The lowest BCUT2D eigenvalue weighted by Crippen LogP contribution is -2.36. The highest BCUT2D eigenvalue weighted by molar-refractivity contribution is 6.02. The molecule has 1 heterocycles. The molecule has 1 amide bonds. The molecule has 0 fully saturated rings. The summed E-state index contributed by atoms with van der Waals surface area (Å²) in [5, 5.41) is 6.17. The third kappa shape index (κ3) is 5.80. The molecule has 0 spiro atoms. The van der Waals surface area contributed by atoms with Crippen molar-refractivity contribution in [2.45, 2.75) is 38.9 Å². The van der Waals surface area contributed by atoms with E-state index in [-0.39, 0.29) is 22.0 Å². The number of carbonyl (C=O) groups is 2. The van der Waals surface area contributed by atoms with Crippen LogP contribution in [0.25, 0.3) is 10.8 Å². The molecule has 2 rings (SSSR count). The fraction of sp³-hybridized carbons (Fsp3) is 0.444. The molecule has 0 bridgehead atoms. The number of ether oxygens (including phenoxy) is 1. The average molecular weight is 399 g/mol. The molecule has 0 saturated heterocycles. The van der Waals surface area contributed by atoms with Crippen molar-refractivity contribution in [2.75, 3.05) is 13.2 Å². The number of fused-ring (bicyclic) bond motifs is 1. The van der Waals surface area contributed by atoms with Crippen LogP contribution in [-0.4, -0.2) is 41.0 Å². The summed E-state index contributed by atoms with van der Waals surface area (Å²) in [6.45, 7) is -0.0974. The summed E-state index contributed by atoms with van der Waals surface area (Å²) >= 11 is 0. The molecule has 1 aromatic heterocycles. The Morgan fingerprint density at radius 1 is 1.18 bits per heavy atom. The monoisotopic (exact) mass is 399 g/mol. The van der Waals surface area contributed by atoms with Gasteiger partial charge in [-0.25, -0.2) is 9.48 Å². The standard InChI is InChI=1S/C18H20F3N3O4/c1-2-3-6-9-24-16(26)13-8-5-4-7-12(13)15(23-24)17(27)28-10-14(25)22-11-18(19,20)21/h4-5,7-8H,2-3,6,9-11H2,1H3,(H,22,25). The van der Waals surface area contributed by atoms with E-state index in [1.54, 1.807) is 23.5 Å². The Kier molecular flexibility index (Phi) is 7.13. The van der Waals surface area contributed by atoms with Gasteiger partial charge in [-0.1, -0.05) is 38.0 Å². The Morgan fingerprint density at radius 2 is 1.86 bits per heavy atom. The summed E-state index contributed by atoms with van der Waals surface area (Å²) in [5.41, 5.74) is -0.526. The molecule has 10 heteroatoms. The summed E-state index contributed by atoms with van der Waals surface area (Å²) in [6, 6.07) is 6.31. The number of aromatic nitrogens is 2. The van der Waals surface area contributed by atoms with Crippen LogP contribution in [0.2, 0.25) is 0 Å². The van der Waals surface area contributed by atoms with Crippen LogP contribution < -0.4 is 10.9 Å². The van der Waals surface area contributed by atoms with E-state index in [9.17, 15) is 27.6 Å². The maximum Gasteiger partial charge on any atom is 0.405 e. The molecule has 0 atom stereocenters. The van der Waals surface area contributed by atoms with Crippen LogP contribution in [0.5, 0.6) is 0 Å². The van der Waals surface area contributed by atoms with Crippen molar-refractivity contribution in [3.8, 4) is 0 Å². The van der Waals surface area contributed by atoms with Crippen LogP contribution >= 0.6 is 0 Å². The predicted molar refractivity (Wildman–Crippen MR) is 94.9 cm³/mol. The lowest BCUT2D eigenvalue weighted by atomic mass is 10.1. The number of halogens is 3. The zero-order valence-electron chi connectivity index (χ0n) is 15.2. The summed E-state index contributed by atoms with van der Waals surface area (Å²) in [6.07, 6.45) is -2.06. The van der Waals surface area contributed by atoms with E-state index in [2.05, 4.69) is 5.10 Å². The molecular weight excluding hydrogens is 379 g/mol. The molecule has 152 valence electrons. The van der Waals surface area contributed by atoms with Crippen LogP contribution in [0.3, 0.4) is 0 Å². The van der Waals surface area contributed by atoms with E-state index in [0.29, 0.717) is 13.0 Å². The average Bonchev–Trinajstić information content (AvgIpc) is 2.66. The van der Waals surface area contributed by atoms with E-state index in [1.165, 1.54) is 6.07 Å². The Morgan fingerprint density at radius 3 is 2.50 bits per heavy atom. The van der Waals surface area contributed by atoms with Crippen molar-refractivity contribution in [2.24, 2.45) is 0 Å². The smallest absolute Gasteiger partial charge is 0.405 e. The molecule has 0 saturated carbocycles. The van der Waals surface area contributed by atoms with Crippen molar-refractivity contribution in [1.82, 2.24) is 15.1 Å². The van der Waals surface area contributed by atoms with Crippen molar-refractivity contribution in [1.29, 1.82) is 0 Å². The molecule has 0 radical (unpaired) electrons. The van der Waals surface area contributed by atoms with Gasteiger partial charge in [0.15, 0.2) is 12.3 Å². The third-order valence-electron chi connectivity index (χ3n) is 3.85. The van der Waals surface area contributed by atoms with Crippen LogP contribution in [0, 0.1) is 0 Å². The van der Waals surface area contributed by atoms with E-state index in [4.69, 9.17) is 4.74 Å². The lowest BCUT2D eigenvalue weighted by molar-refractivity contribution is -0.140. The number of nitrogens with one attached hydrogen (secondary N) is 1. The second kappa shape index (κ2) is 9.34.